The van der Waals surface area contributed by atoms with E-state index in [1.54, 1.807) is 13.3 Å². The highest BCUT2D eigenvalue weighted by Gasteiger charge is 2.23. The van der Waals surface area contributed by atoms with Gasteiger partial charge < -0.3 is 10.1 Å². The van der Waals surface area contributed by atoms with Crippen molar-refractivity contribution in [3.05, 3.63) is 101 Å². The number of anilines is 1. The molecule has 2 aromatic heterocycles. The van der Waals surface area contributed by atoms with Crippen LogP contribution in [0.25, 0.3) is 11.5 Å². The van der Waals surface area contributed by atoms with Gasteiger partial charge in [0.05, 0.1) is 12.8 Å². The summed E-state index contributed by atoms with van der Waals surface area (Å²) in [4.78, 5) is 16.7. The Morgan fingerprint density at radius 2 is 1.79 bits per heavy atom. The summed E-state index contributed by atoms with van der Waals surface area (Å²) < 4.78 is 5.38. The van der Waals surface area contributed by atoms with Crippen LogP contribution in [0.1, 0.15) is 22.4 Å². The molecule has 0 amide bonds. The van der Waals surface area contributed by atoms with Crippen LogP contribution in [-0.2, 0) is 26.1 Å². The number of nitrogens with one attached hydrogen (secondary N) is 1. The van der Waals surface area contributed by atoms with Crippen LogP contribution in [0.4, 0.5) is 5.82 Å². The van der Waals surface area contributed by atoms with Crippen molar-refractivity contribution in [1.82, 2.24) is 19.9 Å². The van der Waals surface area contributed by atoms with Gasteiger partial charge in [0.15, 0.2) is 5.82 Å². The molecular formula is C27H27N5O. The van der Waals surface area contributed by atoms with Gasteiger partial charge in [0, 0.05) is 44.4 Å². The number of benzene rings is 2. The molecule has 5 rings (SSSR count). The van der Waals surface area contributed by atoms with Gasteiger partial charge in [-0.25, -0.2) is 9.97 Å². The molecule has 4 aromatic rings. The van der Waals surface area contributed by atoms with Crippen molar-refractivity contribution in [3.8, 4) is 17.3 Å². The zero-order valence-electron chi connectivity index (χ0n) is 18.7. The van der Waals surface area contributed by atoms with Crippen LogP contribution in [0, 0.1) is 0 Å². The van der Waals surface area contributed by atoms with E-state index in [-0.39, 0.29) is 0 Å². The Hall–Kier alpha value is -3.77. The van der Waals surface area contributed by atoms with Crippen molar-refractivity contribution in [3.63, 3.8) is 0 Å². The highest BCUT2D eigenvalue weighted by Crippen LogP contribution is 2.28. The maximum Gasteiger partial charge on any atom is 0.180 e. The fourth-order valence-corrected chi connectivity index (χ4v) is 4.17. The van der Waals surface area contributed by atoms with Crippen LogP contribution >= 0.6 is 0 Å². The van der Waals surface area contributed by atoms with Gasteiger partial charge in [0.25, 0.3) is 0 Å². The van der Waals surface area contributed by atoms with Gasteiger partial charge in [-0.1, -0.05) is 48.5 Å². The van der Waals surface area contributed by atoms with Crippen LogP contribution in [-0.4, -0.2) is 33.5 Å². The molecule has 0 saturated heterocycles. The van der Waals surface area contributed by atoms with Gasteiger partial charge in [0.2, 0.25) is 0 Å². The normalized spacial score (nSPS) is 13.4. The molecule has 0 fully saturated rings. The van der Waals surface area contributed by atoms with E-state index in [1.165, 1.54) is 11.1 Å². The Balaban J connectivity index is 1.44. The van der Waals surface area contributed by atoms with Crippen molar-refractivity contribution in [1.29, 1.82) is 0 Å². The summed E-state index contributed by atoms with van der Waals surface area (Å²) in [6, 6.07) is 24.5. The minimum Gasteiger partial charge on any atom is -0.497 e. The summed E-state index contributed by atoms with van der Waals surface area (Å²) in [5.41, 5.74) is 5.51. The van der Waals surface area contributed by atoms with Gasteiger partial charge in [-0.15, -0.1) is 0 Å². The SMILES string of the molecule is COc1cccc(CNc2nc(-c3ccccn3)nc3c2CN(Cc2ccccc2)CC3)c1. The lowest BCUT2D eigenvalue weighted by Gasteiger charge is -2.29. The van der Waals surface area contributed by atoms with Crippen LogP contribution in [0.2, 0.25) is 0 Å². The second-order valence-corrected chi connectivity index (χ2v) is 8.19. The number of ether oxygens (including phenoxy) is 1. The molecule has 1 N–H and O–H groups in total. The summed E-state index contributed by atoms with van der Waals surface area (Å²) in [7, 11) is 1.69. The van der Waals surface area contributed by atoms with E-state index in [9.17, 15) is 0 Å². The molecule has 0 unspecified atom stereocenters. The number of rotatable bonds is 7. The van der Waals surface area contributed by atoms with Crippen molar-refractivity contribution in [2.45, 2.75) is 26.1 Å². The molecule has 0 bridgehead atoms. The summed E-state index contributed by atoms with van der Waals surface area (Å²) >= 11 is 0. The molecule has 1 aliphatic rings. The van der Waals surface area contributed by atoms with Crippen molar-refractivity contribution in [2.75, 3.05) is 19.0 Å². The van der Waals surface area contributed by atoms with Crippen LogP contribution in [0.5, 0.6) is 5.75 Å². The van der Waals surface area contributed by atoms with Gasteiger partial charge in [-0.2, -0.15) is 0 Å². The average molecular weight is 438 g/mol. The maximum atomic E-state index is 5.38. The van der Waals surface area contributed by atoms with E-state index in [2.05, 4.69) is 51.6 Å². The monoisotopic (exact) mass is 437 g/mol. The lowest BCUT2D eigenvalue weighted by molar-refractivity contribution is 0.243. The van der Waals surface area contributed by atoms with E-state index < -0.39 is 0 Å². The molecule has 0 saturated carbocycles. The first-order valence-electron chi connectivity index (χ1n) is 11.2. The second-order valence-electron chi connectivity index (χ2n) is 8.19. The smallest absolute Gasteiger partial charge is 0.180 e. The Bertz CT molecular complexity index is 1210. The van der Waals surface area contributed by atoms with Gasteiger partial charge >= 0.3 is 0 Å². The Kier molecular flexibility index (Phi) is 6.26. The third-order valence-corrected chi connectivity index (χ3v) is 5.88. The lowest BCUT2D eigenvalue weighted by Crippen LogP contribution is -2.32. The first-order valence-corrected chi connectivity index (χ1v) is 11.2. The zero-order chi connectivity index (χ0) is 22.5. The Morgan fingerprint density at radius 3 is 2.61 bits per heavy atom. The topological polar surface area (TPSA) is 63.2 Å². The van der Waals surface area contributed by atoms with Crippen molar-refractivity contribution in [2.24, 2.45) is 0 Å². The molecule has 6 nitrogen and oxygen atoms in total. The maximum absolute atomic E-state index is 5.38. The zero-order valence-corrected chi connectivity index (χ0v) is 18.7. The first-order chi connectivity index (χ1) is 16.3. The molecule has 166 valence electrons. The number of hydrogen-bond acceptors (Lipinski definition) is 6. The van der Waals surface area contributed by atoms with E-state index in [1.807, 2.05) is 36.4 Å². The number of hydrogen-bond donors (Lipinski definition) is 1. The third-order valence-electron chi connectivity index (χ3n) is 5.88. The minimum atomic E-state index is 0.654. The van der Waals surface area contributed by atoms with Crippen LogP contribution in [0.3, 0.4) is 0 Å². The standard InChI is InChI=1S/C27H27N5O/c1-33-22-11-7-10-21(16-22)17-29-26-23-19-32(18-20-8-3-2-4-9-20)15-13-24(23)30-27(31-26)25-12-5-6-14-28-25/h2-12,14,16H,13,15,17-19H2,1H3,(H,29,30,31). The summed E-state index contributed by atoms with van der Waals surface area (Å²) in [6.45, 7) is 3.35. The van der Waals surface area contributed by atoms with Crippen LogP contribution < -0.4 is 10.1 Å². The number of methoxy groups -OCH3 is 1. The second kappa shape index (κ2) is 9.79. The van der Waals surface area contributed by atoms with E-state index in [0.717, 1.165) is 54.6 Å². The largest absolute Gasteiger partial charge is 0.497 e. The van der Waals surface area contributed by atoms with Crippen molar-refractivity contribution >= 4 is 5.82 Å². The molecule has 0 atom stereocenters. The predicted molar refractivity (Wildman–Crippen MR) is 130 cm³/mol. The number of pyridine rings is 1. The van der Waals surface area contributed by atoms with Crippen LogP contribution in [0.15, 0.2) is 79.0 Å². The summed E-state index contributed by atoms with van der Waals surface area (Å²) in [6.07, 6.45) is 2.67. The van der Waals surface area contributed by atoms with Gasteiger partial charge in [-0.05, 0) is 35.4 Å². The first kappa shape index (κ1) is 21.1. The molecule has 3 heterocycles. The molecular weight excluding hydrogens is 410 g/mol. The number of aromatic nitrogens is 3. The lowest BCUT2D eigenvalue weighted by atomic mass is 10.0. The molecule has 0 radical (unpaired) electrons. The molecule has 1 aliphatic heterocycles. The van der Waals surface area contributed by atoms with Crippen molar-refractivity contribution < 1.29 is 4.74 Å². The van der Waals surface area contributed by atoms with Gasteiger partial charge in [-0.3, -0.25) is 9.88 Å². The quantitative estimate of drug-likeness (QED) is 0.452. The Morgan fingerprint density at radius 1 is 0.939 bits per heavy atom. The summed E-state index contributed by atoms with van der Waals surface area (Å²) in [5.74, 6) is 2.39. The van der Waals surface area contributed by atoms with Gasteiger partial charge in [0.1, 0.15) is 17.3 Å². The average Bonchev–Trinajstić information content (AvgIpc) is 2.88. The fraction of sp³-hybridized carbons (Fsp3) is 0.222. The highest BCUT2D eigenvalue weighted by atomic mass is 16.5. The third kappa shape index (κ3) is 5.02. The van der Waals surface area contributed by atoms with E-state index in [4.69, 9.17) is 14.7 Å². The number of fused-ring (bicyclic) bond motifs is 1. The highest BCUT2D eigenvalue weighted by molar-refractivity contribution is 5.57. The molecule has 2 aromatic carbocycles. The Labute approximate surface area is 194 Å². The van der Waals surface area contributed by atoms with E-state index in [0.29, 0.717) is 12.4 Å². The number of nitrogens with zero attached hydrogens (tertiary/aromatic N) is 4. The summed E-state index contributed by atoms with van der Waals surface area (Å²) in [5, 5.41) is 3.57. The molecule has 0 spiro atoms. The molecule has 33 heavy (non-hydrogen) atoms. The fourth-order valence-electron chi connectivity index (χ4n) is 4.17. The molecule has 0 aliphatic carbocycles. The minimum absolute atomic E-state index is 0.654. The van der Waals surface area contributed by atoms with E-state index >= 15 is 0 Å². The molecule has 6 heteroatoms. The predicted octanol–water partition coefficient (Wildman–Crippen LogP) is 4.72.